The molecule has 1 heterocycles. The van der Waals surface area contributed by atoms with Crippen molar-refractivity contribution in [2.45, 2.75) is 11.3 Å². The maximum atomic E-state index is 12.1. The third-order valence-corrected chi connectivity index (χ3v) is 4.56. The molecule has 0 aliphatic rings. The van der Waals surface area contributed by atoms with E-state index in [-0.39, 0.29) is 33.6 Å². The van der Waals surface area contributed by atoms with Crippen molar-refractivity contribution in [2.75, 3.05) is 12.3 Å². The lowest BCUT2D eigenvalue weighted by atomic mass is 10.3. The van der Waals surface area contributed by atoms with Crippen molar-refractivity contribution in [2.24, 2.45) is 0 Å². The maximum absolute atomic E-state index is 12.1. The lowest BCUT2D eigenvalue weighted by Gasteiger charge is -2.10. The summed E-state index contributed by atoms with van der Waals surface area (Å²) in [6, 6.07) is 2.63. The highest BCUT2D eigenvalue weighted by Crippen LogP contribution is 2.30. The van der Waals surface area contributed by atoms with Crippen LogP contribution < -0.4 is 10.5 Å². The Labute approximate surface area is 125 Å². The zero-order chi connectivity index (χ0) is 14.8. The van der Waals surface area contributed by atoms with E-state index in [0.29, 0.717) is 5.82 Å². The first-order valence-electron chi connectivity index (χ1n) is 5.39. The average Bonchev–Trinajstić information content (AvgIpc) is 2.79. The van der Waals surface area contributed by atoms with Crippen molar-refractivity contribution in [3.63, 3.8) is 0 Å². The topological polar surface area (TPSA) is 111 Å². The molecule has 0 aliphatic heterocycles. The van der Waals surface area contributed by atoms with Gasteiger partial charge in [-0.05, 0) is 12.1 Å². The van der Waals surface area contributed by atoms with E-state index in [9.17, 15) is 8.42 Å². The Kier molecular flexibility index (Phi) is 4.48. The molecule has 2 rings (SSSR count). The molecule has 10 heteroatoms. The Hall–Kier alpha value is -1.35. The second-order valence-electron chi connectivity index (χ2n) is 3.80. The van der Waals surface area contributed by atoms with Crippen LogP contribution in [0.4, 0.5) is 5.69 Å². The first kappa shape index (κ1) is 15.0. The number of rotatable bonds is 5. The Balaban J connectivity index is 2.14. The molecule has 0 aliphatic carbocycles. The molecule has 0 saturated carbocycles. The first-order valence-corrected chi connectivity index (χ1v) is 7.63. The van der Waals surface area contributed by atoms with Crippen LogP contribution in [0, 0.1) is 0 Å². The van der Waals surface area contributed by atoms with Crippen LogP contribution in [-0.4, -0.2) is 25.1 Å². The molecule has 20 heavy (non-hydrogen) atoms. The van der Waals surface area contributed by atoms with Crippen molar-refractivity contribution < 1.29 is 12.9 Å². The van der Waals surface area contributed by atoms with Crippen LogP contribution >= 0.6 is 23.2 Å². The molecule has 2 aromatic rings. The summed E-state index contributed by atoms with van der Waals surface area (Å²) in [6.45, 7) is 0.0836. The fourth-order valence-corrected chi connectivity index (χ4v) is 3.55. The molecule has 7 nitrogen and oxygen atoms in total. The highest BCUT2D eigenvalue weighted by Gasteiger charge is 2.21. The number of hydrogen-bond acceptors (Lipinski definition) is 6. The summed E-state index contributed by atoms with van der Waals surface area (Å²) < 4.78 is 31.2. The Morgan fingerprint density at radius 2 is 2.10 bits per heavy atom. The number of nitrogens with one attached hydrogen (secondary N) is 1. The van der Waals surface area contributed by atoms with Gasteiger partial charge in [-0.1, -0.05) is 28.4 Å². The summed E-state index contributed by atoms with van der Waals surface area (Å²) in [5.74, 6) is 0.392. The molecule has 0 amide bonds. The fraction of sp³-hybridized carbons (Fsp3) is 0.200. The van der Waals surface area contributed by atoms with Gasteiger partial charge in [0, 0.05) is 18.0 Å². The second kappa shape index (κ2) is 5.96. The minimum atomic E-state index is -3.84. The molecule has 0 spiro atoms. The van der Waals surface area contributed by atoms with Crippen LogP contribution in [0.3, 0.4) is 0 Å². The third-order valence-electron chi connectivity index (χ3n) is 2.35. The number of nitrogens with zero attached hydrogens (tertiary/aromatic N) is 2. The van der Waals surface area contributed by atoms with Gasteiger partial charge in [0.25, 0.3) is 0 Å². The fourth-order valence-electron chi connectivity index (χ4n) is 1.54. The van der Waals surface area contributed by atoms with Gasteiger partial charge >= 0.3 is 0 Å². The highest BCUT2D eigenvalue weighted by atomic mass is 35.5. The number of nitrogens with two attached hydrogens (primary N) is 1. The molecule has 0 bridgehead atoms. The lowest BCUT2D eigenvalue weighted by molar-refractivity contribution is 0.410. The molecule has 3 N–H and O–H groups in total. The van der Waals surface area contributed by atoms with Gasteiger partial charge in [-0.15, -0.1) is 0 Å². The molecule has 0 saturated heterocycles. The van der Waals surface area contributed by atoms with Gasteiger partial charge in [0.2, 0.25) is 16.4 Å². The quantitative estimate of drug-likeness (QED) is 0.800. The summed E-state index contributed by atoms with van der Waals surface area (Å²) in [4.78, 5) is 3.58. The average molecular weight is 337 g/mol. The number of anilines is 1. The maximum Gasteiger partial charge on any atom is 0.244 e. The monoisotopic (exact) mass is 336 g/mol. The van der Waals surface area contributed by atoms with Gasteiger partial charge in [0.1, 0.15) is 4.90 Å². The second-order valence-corrected chi connectivity index (χ2v) is 6.35. The highest BCUT2D eigenvalue weighted by molar-refractivity contribution is 7.89. The number of nitrogen functional groups attached to an aromatic ring is 1. The summed E-state index contributed by atoms with van der Waals surface area (Å²) in [7, 11) is -3.84. The third kappa shape index (κ3) is 3.40. The Morgan fingerprint density at radius 1 is 1.35 bits per heavy atom. The van der Waals surface area contributed by atoms with E-state index in [1.165, 1.54) is 12.1 Å². The molecule has 1 aromatic heterocycles. The van der Waals surface area contributed by atoms with Gasteiger partial charge in [0.15, 0.2) is 5.82 Å². The van der Waals surface area contributed by atoms with Crippen molar-refractivity contribution in [1.82, 2.24) is 14.9 Å². The number of sulfonamides is 1. The number of hydrogen-bond donors (Lipinski definition) is 2. The minimum absolute atomic E-state index is 0.0189. The van der Waals surface area contributed by atoms with E-state index >= 15 is 0 Å². The standard InChI is InChI=1S/C10H10Cl2N4O3S/c11-6-3-7(12)10(8(13)4-6)20(17,18)15-2-1-9-14-5-19-16-9/h3-5,15H,1-2,13H2. The summed E-state index contributed by atoms with van der Waals surface area (Å²) in [6.07, 6.45) is 1.44. The van der Waals surface area contributed by atoms with Gasteiger partial charge < -0.3 is 10.3 Å². The van der Waals surface area contributed by atoms with E-state index in [1.54, 1.807) is 0 Å². The van der Waals surface area contributed by atoms with Crippen LogP contribution in [0.5, 0.6) is 0 Å². The van der Waals surface area contributed by atoms with Gasteiger partial charge in [-0.3, -0.25) is 0 Å². The van der Waals surface area contributed by atoms with E-state index in [2.05, 4.69) is 19.4 Å². The lowest BCUT2D eigenvalue weighted by Crippen LogP contribution is -2.27. The number of halogens is 2. The molecule has 1 aromatic carbocycles. The molecule has 108 valence electrons. The SMILES string of the molecule is Nc1cc(Cl)cc(Cl)c1S(=O)(=O)NCCc1ncon1. The normalized spacial score (nSPS) is 11.7. The van der Waals surface area contributed by atoms with E-state index in [1.807, 2.05) is 0 Å². The number of benzene rings is 1. The van der Waals surface area contributed by atoms with Crippen LogP contribution in [0.15, 0.2) is 27.9 Å². The van der Waals surface area contributed by atoms with Crippen LogP contribution in [0.25, 0.3) is 0 Å². The smallest absolute Gasteiger partial charge is 0.244 e. The molecular formula is C10H10Cl2N4O3S. The zero-order valence-electron chi connectivity index (χ0n) is 10.0. The van der Waals surface area contributed by atoms with E-state index in [0.717, 1.165) is 6.39 Å². The van der Waals surface area contributed by atoms with Crippen molar-refractivity contribution >= 4 is 38.9 Å². The van der Waals surface area contributed by atoms with Crippen molar-refractivity contribution in [1.29, 1.82) is 0 Å². The van der Waals surface area contributed by atoms with Crippen LogP contribution in [0.2, 0.25) is 10.0 Å². The van der Waals surface area contributed by atoms with E-state index in [4.69, 9.17) is 28.9 Å². The van der Waals surface area contributed by atoms with Gasteiger partial charge in [-0.25, -0.2) is 13.1 Å². The molecular weight excluding hydrogens is 327 g/mol. The summed E-state index contributed by atoms with van der Waals surface area (Å²) >= 11 is 11.6. The zero-order valence-corrected chi connectivity index (χ0v) is 12.3. The molecule has 0 fully saturated rings. The summed E-state index contributed by atoms with van der Waals surface area (Å²) in [5.41, 5.74) is 5.63. The number of aromatic nitrogens is 2. The molecule has 0 radical (unpaired) electrons. The van der Waals surface area contributed by atoms with Crippen LogP contribution in [0.1, 0.15) is 5.82 Å². The van der Waals surface area contributed by atoms with Gasteiger partial charge in [-0.2, -0.15) is 4.98 Å². The van der Waals surface area contributed by atoms with E-state index < -0.39 is 10.0 Å². The van der Waals surface area contributed by atoms with Crippen molar-refractivity contribution in [3.8, 4) is 0 Å². The van der Waals surface area contributed by atoms with Crippen LogP contribution in [-0.2, 0) is 16.4 Å². The Morgan fingerprint density at radius 3 is 2.70 bits per heavy atom. The first-order chi connectivity index (χ1) is 9.40. The Bertz CT molecular complexity index is 680. The molecule has 0 atom stereocenters. The van der Waals surface area contributed by atoms with Gasteiger partial charge in [0.05, 0.1) is 10.7 Å². The predicted molar refractivity (Wildman–Crippen MR) is 74.1 cm³/mol. The summed E-state index contributed by atoms with van der Waals surface area (Å²) in [5, 5.41) is 3.79. The largest absolute Gasteiger partial charge is 0.398 e. The predicted octanol–water partition coefficient (Wildman–Crippen LogP) is 1.48. The minimum Gasteiger partial charge on any atom is -0.398 e. The van der Waals surface area contributed by atoms with Crippen molar-refractivity contribution in [3.05, 3.63) is 34.4 Å². The molecule has 0 unspecified atom stereocenters.